The third kappa shape index (κ3) is 5.33. The highest BCUT2D eigenvalue weighted by Crippen LogP contribution is 2.28. The zero-order valence-electron chi connectivity index (χ0n) is 16.9. The topological polar surface area (TPSA) is 34.6 Å². The quantitative estimate of drug-likeness (QED) is 0.534. The number of rotatable bonds is 9. The summed E-state index contributed by atoms with van der Waals surface area (Å²) in [4.78, 5) is 6.68. The predicted octanol–water partition coefficient (Wildman–Crippen LogP) is 4.86. The summed E-state index contributed by atoms with van der Waals surface area (Å²) in [7, 11) is 3.33. The predicted molar refractivity (Wildman–Crippen MR) is 113 cm³/mol. The van der Waals surface area contributed by atoms with Crippen LogP contribution in [0.4, 0.5) is 0 Å². The van der Waals surface area contributed by atoms with Gasteiger partial charge in [0.25, 0.3) is 0 Å². The average Bonchev–Trinajstić information content (AvgIpc) is 2.75. The van der Waals surface area contributed by atoms with Crippen molar-refractivity contribution in [3.63, 3.8) is 0 Å². The van der Waals surface area contributed by atoms with Gasteiger partial charge in [-0.05, 0) is 46.9 Å². The molecular formula is C24H28N2O2. The molecule has 4 nitrogen and oxygen atoms in total. The zero-order valence-corrected chi connectivity index (χ0v) is 16.9. The molecule has 0 amide bonds. The maximum Gasteiger partial charge on any atom is 0.161 e. The molecule has 3 rings (SSSR count). The molecule has 0 radical (unpaired) electrons. The Hall–Kier alpha value is -2.85. The molecule has 0 saturated heterocycles. The largest absolute Gasteiger partial charge is 0.493 e. The van der Waals surface area contributed by atoms with Crippen LogP contribution in [0, 0.1) is 0 Å². The number of aromatic nitrogens is 1. The standard InChI is InChI=1S/C24H28N2O2/c1-4-19-7-9-20(10-8-19)16-26(18-22-6-5-13-25-15-22)17-21-11-12-23(27-2)24(14-21)28-3/h5-15H,4,16-18H2,1-3H3. The van der Waals surface area contributed by atoms with Gasteiger partial charge in [-0.25, -0.2) is 0 Å². The van der Waals surface area contributed by atoms with Gasteiger partial charge in [0.1, 0.15) is 0 Å². The van der Waals surface area contributed by atoms with Crippen LogP contribution in [0.5, 0.6) is 11.5 Å². The van der Waals surface area contributed by atoms with Crippen LogP contribution in [-0.2, 0) is 26.1 Å². The first-order valence-electron chi connectivity index (χ1n) is 9.61. The first-order valence-corrected chi connectivity index (χ1v) is 9.61. The molecule has 0 unspecified atom stereocenters. The van der Waals surface area contributed by atoms with Gasteiger partial charge in [-0.15, -0.1) is 0 Å². The minimum absolute atomic E-state index is 0.750. The van der Waals surface area contributed by atoms with Crippen LogP contribution in [0.25, 0.3) is 0 Å². The Morgan fingerprint density at radius 1 is 0.750 bits per heavy atom. The summed E-state index contributed by atoms with van der Waals surface area (Å²) in [5, 5.41) is 0. The summed E-state index contributed by atoms with van der Waals surface area (Å²) in [5.41, 5.74) is 5.06. The Bertz CT molecular complexity index is 864. The lowest BCUT2D eigenvalue weighted by Gasteiger charge is -2.23. The fourth-order valence-corrected chi connectivity index (χ4v) is 3.29. The van der Waals surface area contributed by atoms with Crippen molar-refractivity contribution in [2.75, 3.05) is 14.2 Å². The maximum absolute atomic E-state index is 5.47. The molecule has 0 spiro atoms. The van der Waals surface area contributed by atoms with Crippen LogP contribution < -0.4 is 9.47 Å². The van der Waals surface area contributed by atoms with E-state index in [2.05, 4.69) is 59.3 Å². The van der Waals surface area contributed by atoms with Crippen molar-refractivity contribution in [2.24, 2.45) is 0 Å². The number of hydrogen-bond acceptors (Lipinski definition) is 4. The average molecular weight is 377 g/mol. The van der Waals surface area contributed by atoms with Crippen molar-refractivity contribution in [1.82, 2.24) is 9.88 Å². The van der Waals surface area contributed by atoms with Crippen LogP contribution in [0.3, 0.4) is 0 Å². The number of hydrogen-bond donors (Lipinski definition) is 0. The van der Waals surface area contributed by atoms with Crippen LogP contribution in [0.1, 0.15) is 29.2 Å². The molecule has 0 aliphatic heterocycles. The van der Waals surface area contributed by atoms with E-state index in [1.165, 1.54) is 22.3 Å². The van der Waals surface area contributed by atoms with Crippen molar-refractivity contribution in [1.29, 1.82) is 0 Å². The number of nitrogens with zero attached hydrogens (tertiary/aromatic N) is 2. The first-order chi connectivity index (χ1) is 13.7. The molecule has 0 fully saturated rings. The molecule has 1 heterocycles. The van der Waals surface area contributed by atoms with E-state index in [1.807, 2.05) is 24.5 Å². The van der Waals surface area contributed by atoms with E-state index >= 15 is 0 Å². The lowest BCUT2D eigenvalue weighted by Crippen LogP contribution is -2.22. The summed E-state index contributed by atoms with van der Waals surface area (Å²) < 4.78 is 10.8. The summed E-state index contributed by atoms with van der Waals surface area (Å²) >= 11 is 0. The minimum atomic E-state index is 0.750. The lowest BCUT2D eigenvalue weighted by atomic mass is 10.1. The van der Waals surface area contributed by atoms with Gasteiger partial charge < -0.3 is 9.47 Å². The third-order valence-electron chi connectivity index (χ3n) is 4.82. The van der Waals surface area contributed by atoms with Crippen LogP contribution in [0.15, 0.2) is 67.0 Å². The molecule has 28 heavy (non-hydrogen) atoms. The van der Waals surface area contributed by atoms with Gasteiger partial charge in [0, 0.05) is 32.0 Å². The summed E-state index contributed by atoms with van der Waals surface area (Å²) in [6.07, 6.45) is 4.80. The van der Waals surface area contributed by atoms with Crippen LogP contribution in [0.2, 0.25) is 0 Å². The van der Waals surface area contributed by atoms with Gasteiger partial charge in [0.2, 0.25) is 0 Å². The van der Waals surface area contributed by atoms with E-state index in [-0.39, 0.29) is 0 Å². The minimum Gasteiger partial charge on any atom is -0.493 e. The van der Waals surface area contributed by atoms with Crippen LogP contribution >= 0.6 is 0 Å². The van der Waals surface area contributed by atoms with Crippen molar-refractivity contribution in [2.45, 2.75) is 33.0 Å². The van der Waals surface area contributed by atoms with Gasteiger partial charge in [-0.2, -0.15) is 0 Å². The molecule has 0 saturated carbocycles. The molecule has 4 heteroatoms. The number of pyridine rings is 1. The molecule has 0 N–H and O–H groups in total. The zero-order chi connectivity index (χ0) is 19.8. The van der Waals surface area contributed by atoms with Gasteiger partial charge in [0.05, 0.1) is 14.2 Å². The Labute approximate surface area is 167 Å². The molecule has 1 aromatic heterocycles. The number of ether oxygens (including phenoxy) is 2. The van der Waals surface area contributed by atoms with Gasteiger partial charge in [0.15, 0.2) is 11.5 Å². The van der Waals surface area contributed by atoms with E-state index < -0.39 is 0 Å². The second-order valence-electron chi connectivity index (χ2n) is 6.87. The smallest absolute Gasteiger partial charge is 0.161 e. The fraction of sp³-hybridized carbons (Fsp3) is 0.292. The molecule has 2 aromatic carbocycles. The molecular weight excluding hydrogens is 348 g/mol. The second kappa shape index (κ2) is 9.90. The van der Waals surface area contributed by atoms with Crippen molar-refractivity contribution in [3.05, 3.63) is 89.2 Å². The Kier molecular flexibility index (Phi) is 7.04. The summed E-state index contributed by atoms with van der Waals surface area (Å²) in [6.45, 7) is 4.69. The Balaban J connectivity index is 1.80. The molecule has 0 bridgehead atoms. The maximum atomic E-state index is 5.47. The highest BCUT2D eigenvalue weighted by molar-refractivity contribution is 5.42. The van der Waals surface area contributed by atoms with Gasteiger partial charge >= 0.3 is 0 Å². The molecule has 0 aliphatic carbocycles. The fourth-order valence-electron chi connectivity index (χ4n) is 3.29. The second-order valence-corrected chi connectivity index (χ2v) is 6.87. The van der Waals surface area contributed by atoms with E-state index in [9.17, 15) is 0 Å². The van der Waals surface area contributed by atoms with E-state index in [0.29, 0.717) is 0 Å². The van der Waals surface area contributed by atoms with Crippen molar-refractivity contribution >= 4 is 0 Å². The van der Waals surface area contributed by atoms with Crippen molar-refractivity contribution < 1.29 is 9.47 Å². The number of aryl methyl sites for hydroxylation is 1. The molecule has 146 valence electrons. The lowest BCUT2D eigenvalue weighted by molar-refractivity contribution is 0.247. The normalized spacial score (nSPS) is 10.9. The Morgan fingerprint density at radius 3 is 2.04 bits per heavy atom. The van der Waals surface area contributed by atoms with Gasteiger partial charge in [-0.3, -0.25) is 9.88 Å². The summed E-state index contributed by atoms with van der Waals surface area (Å²) in [6, 6.07) is 19.1. The monoisotopic (exact) mass is 376 g/mol. The van der Waals surface area contributed by atoms with Crippen molar-refractivity contribution in [3.8, 4) is 11.5 Å². The Morgan fingerprint density at radius 2 is 1.39 bits per heavy atom. The van der Waals surface area contributed by atoms with E-state index in [1.54, 1.807) is 14.2 Å². The summed E-state index contributed by atoms with van der Waals surface area (Å²) in [5.74, 6) is 1.51. The van der Waals surface area contributed by atoms with Gasteiger partial charge in [-0.1, -0.05) is 43.3 Å². The third-order valence-corrected chi connectivity index (χ3v) is 4.82. The molecule has 0 atom stereocenters. The van der Waals surface area contributed by atoms with E-state index in [0.717, 1.165) is 37.6 Å². The SMILES string of the molecule is CCc1ccc(CN(Cc2cccnc2)Cc2ccc(OC)c(OC)c2)cc1. The molecule has 3 aromatic rings. The van der Waals surface area contributed by atoms with E-state index in [4.69, 9.17) is 9.47 Å². The highest BCUT2D eigenvalue weighted by Gasteiger charge is 2.11. The first kappa shape index (κ1) is 19.9. The number of benzene rings is 2. The highest BCUT2D eigenvalue weighted by atomic mass is 16.5. The van der Waals surface area contributed by atoms with Crippen LogP contribution in [-0.4, -0.2) is 24.1 Å². The molecule has 0 aliphatic rings. The number of methoxy groups -OCH3 is 2.